The maximum atomic E-state index is 11.7. The SMILES string of the molecule is O=C(NOC(=O)C(F)(F)F)NC1CCCCC1. The molecule has 0 unspecified atom stereocenters. The molecule has 1 saturated carbocycles. The van der Waals surface area contributed by atoms with Crippen molar-refractivity contribution in [2.24, 2.45) is 0 Å². The maximum Gasteiger partial charge on any atom is 0.493 e. The van der Waals surface area contributed by atoms with Crippen LogP contribution in [-0.2, 0) is 9.63 Å². The van der Waals surface area contributed by atoms with Crippen molar-refractivity contribution in [1.29, 1.82) is 0 Å². The number of urea groups is 1. The van der Waals surface area contributed by atoms with Crippen LogP contribution in [0.3, 0.4) is 0 Å². The van der Waals surface area contributed by atoms with E-state index in [-0.39, 0.29) is 6.04 Å². The van der Waals surface area contributed by atoms with Crippen molar-refractivity contribution in [2.45, 2.75) is 44.3 Å². The number of nitrogens with one attached hydrogen (secondary N) is 2. The molecule has 8 heteroatoms. The largest absolute Gasteiger partial charge is 0.493 e. The number of halogens is 3. The summed E-state index contributed by atoms with van der Waals surface area (Å²) in [6.45, 7) is 0. The van der Waals surface area contributed by atoms with Crippen molar-refractivity contribution in [2.75, 3.05) is 0 Å². The van der Waals surface area contributed by atoms with Gasteiger partial charge in [-0.2, -0.15) is 18.7 Å². The number of hydrogen-bond acceptors (Lipinski definition) is 3. The highest BCUT2D eigenvalue weighted by atomic mass is 19.4. The van der Waals surface area contributed by atoms with E-state index in [1.807, 2.05) is 0 Å². The van der Waals surface area contributed by atoms with Crippen LogP contribution in [0.25, 0.3) is 0 Å². The second-order valence-electron chi connectivity index (χ2n) is 3.80. The van der Waals surface area contributed by atoms with Crippen molar-refractivity contribution >= 4 is 12.0 Å². The van der Waals surface area contributed by atoms with E-state index in [2.05, 4.69) is 10.2 Å². The zero-order chi connectivity index (χ0) is 12.9. The number of amides is 2. The molecule has 0 spiro atoms. The summed E-state index contributed by atoms with van der Waals surface area (Å²) >= 11 is 0. The Bertz CT molecular complexity index is 288. The molecule has 0 aromatic rings. The molecule has 0 radical (unpaired) electrons. The Kier molecular flexibility index (Phi) is 4.59. The highest BCUT2D eigenvalue weighted by Crippen LogP contribution is 2.17. The zero-order valence-corrected chi connectivity index (χ0v) is 8.97. The molecule has 0 atom stereocenters. The van der Waals surface area contributed by atoms with E-state index in [0.29, 0.717) is 0 Å². The van der Waals surface area contributed by atoms with Crippen LogP contribution in [0.15, 0.2) is 0 Å². The molecular formula is C9H13F3N2O3. The van der Waals surface area contributed by atoms with Gasteiger partial charge in [-0.15, -0.1) is 0 Å². The maximum absolute atomic E-state index is 11.7. The van der Waals surface area contributed by atoms with Gasteiger partial charge in [0.1, 0.15) is 0 Å². The lowest BCUT2D eigenvalue weighted by atomic mass is 9.96. The first-order valence-electron chi connectivity index (χ1n) is 5.24. The summed E-state index contributed by atoms with van der Waals surface area (Å²) in [6, 6.07) is -1.01. The molecule has 2 N–H and O–H groups in total. The van der Waals surface area contributed by atoms with Gasteiger partial charge in [-0.25, -0.2) is 9.59 Å². The van der Waals surface area contributed by atoms with E-state index >= 15 is 0 Å². The van der Waals surface area contributed by atoms with Gasteiger partial charge in [0.05, 0.1) is 0 Å². The molecule has 17 heavy (non-hydrogen) atoms. The fraction of sp³-hybridized carbons (Fsp3) is 0.778. The molecule has 0 bridgehead atoms. The van der Waals surface area contributed by atoms with Crippen molar-refractivity contribution in [1.82, 2.24) is 10.8 Å². The highest BCUT2D eigenvalue weighted by molar-refractivity contribution is 5.79. The fourth-order valence-corrected chi connectivity index (χ4v) is 1.61. The summed E-state index contributed by atoms with van der Waals surface area (Å²) in [4.78, 5) is 24.9. The Morgan fingerprint density at radius 3 is 2.24 bits per heavy atom. The normalized spacial score (nSPS) is 17.4. The molecule has 1 fully saturated rings. The Morgan fingerprint density at radius 2 is 1.71 bits per heavy atom. The van der Waals surface area contributed by atoms with Gasteiger partial charge < -0.3 is 10.2 Å². The third-order valence-electron chi connectivity index (χ3n) is 2.41. The van der Waals surface area contributed by atoms with E-state index in [1.165, 1.54) is 5.48 Å². The smallest absolute Gasteiger partial charge is 0.333 e. The first-order chi connectivity index (χ1) is 7.89. The molecule has 2 amide bonds. The van der Waals surface area contributed by atoms with Gasteiger partial charge in [-0.05, 0) is 12.8 Å². The second-order valence-corrected chi connectivity index (χ2v) is 3.80. The van der Waals surface area contributed by atoms with Crippen molar-refractivity contribution in [3.05, 3.63) is 0 Å². The number of rotatable bonds is 1. The predicted molar refractivity (Wildman–Crippen MR) is 50.7 cm³/mol. The van der Waals surface area contributed by atoms with Crippen LogP contribution in [0.2, 0.25) is 0 Å². The van der Waals surface area contributed by atoms with Crippen LogP contribution in [0, 0.1) is 0 Å². The first kappa shape index (κ1) is 13.6. The number of carbonyl (C=O) groups excluding carboxylic acids is 2. The lowest BCUT2D eigenvalue weighted by Crippen LogP contribution is -2.45. The van der Waals surface area contributed by atoms with E-state index in [1.54, 1.807) is 0 Å². The Labute approximate surface area is 95.6 Å². The van der Waals surface area contributed by atoms with Gasteiger partial charge >= 0.3 is 18.2 Å². The summed E-state index contributed by atoms with van der Waals surface area (Å²) in [6.07, 6.45) is -0.539. The van der Waals surface area contributed by atoms with Crippen LogP contribution in [-0.4, -0.2) is 24.2 Å². The van der Waals surface area contributed by atoms with Crippen LogP contribution in [0.1, 0.15) is 32.1 Å². The third-order valence-corrected chi connectivity index (χ3v) is 2.41. The minimum atomic E-state index is -5.11. The summed E-state index contributed by atoms with van der Waals surface area (Å²) in [5.74, 6) is -2.45. The third kappa shape index (κ3) is 4.92. The van der Waals surface area contributed by atoms with Crippen molar-refractivity contribution in [3.63, 3.8) is 0 Å². The minimum Gasteiger partial charge on any atom is -0.333 e. The van der Waals surface area contributed by atoms with Crippen LogP contribution in [0.4, 0.5) is 18.0 Å². The number of hydroxylamine groups is 1. The molecule has 5 nitrogen and oxygen atoms in total. The second kappa shape index (κ2) is 5.74. The molecule has 1 rings (SSSR count). The first-order valence-corrected chi connectivity index (χ1v) is 5.24. The average Bonchev–Trinajstić information content (AvgIpc) is 2.26. The summed E-state index contributed by atoms with van der Waals surface area (Å²) in [5.41, 5.74) is 1.42. The van der Waals surface area contributed by atoms with Crippen LogP contribution < -0.4 is 10.8 Å². The molecule has 0 aliphatic heterocycles. The number of alkyl halides is 3. The van der Waals surface area contributed by atoms with Crippen molar-refractivity contribution < 1.29 is 27.6 Å². The van der Waals surface area contributed by atoms with Crippen LogP contribution >= 0.6 is 0 Å². The van der Waals surface area contributed by atoms with Gasteiger partial charge in [-0.3, -0.25) is 0 Å². The molecule has 98 valence electrons. The Morgan fingerprint density at radius 1 is 1.12 bits per heavy atom. The minimum absolute atomic E-state index is 0.0756. The van der Waals surface area contributed by atoms with Crippen LogP contribution in [0.5, 0.6) is 0 Å². The lowest BCUT2D eigenvalue weighted by Gasteiger charge is -2.22. The molecular weight excluding hydrogens is 241 g/mol. The fourth-order valence-electron chi connectivity index (χ4n) is 1.61. The average molecular weight is 254 g/mol. The van der Waals surface area contributed by atoms with Gasteiger partial charge in [-0.1, -0.05) is 19.3 Å². The van der Waals surface area contributed by atoms with Crippen molar-refractivity contribution in [3.8, 4) is 0 Å². The van der Waals surface area contributed by atoms with E-state index in [4.69, 9.17) is 0 Å². The van der Waals surface area contributed by atoms with E-state index in [9.17, 15) is 22.8 Å². The topological polar surface area (TPSA) is 67.4 Å². The summed E-state index contributed by atoms with van der Waals surface area (Å²) in [7, 11) is 0. The quantitative estimate of drug-likeness (QED) is 0.699. The zero-order valence-electron chi connectivity index (χ0n) is 8.97. The van der Waals surface area contributed by atoms with Gasteiger partial charge in [0.25, 0.3) is 0 Å². The summed E-state index contributed by atoms with van der Waals surface area (Å²) in [5, 5.41) is 2.43. The summed E-state index contributed by atoms with van der Waals surface area (Å²) < 4.78 is 35.1. The van der Waals surface area contributed by atoms with Gasteiger partial charge in [0, 0.05) is 6.04 Å². The van der Waals surface area contributed by atoms with E-state index < -0.39 is 18.2 Å². The molecule has 0 heterocycles. The molecule has 1 aliphatic rings. The van der Waals surface area contributed by atoms with Gasteiger partial charge in [0.15, 0.2) is 0 Å². The monoisotopic (exact) mass is 254 g/mol. The number of carbonyl (C=O) groups is 2. The highest BCUT2D eigenvalue weighted by Gasteiger charge is 2.42. The van der Waals surface area contributed by atoms with Gasteiger partial charge in [0.2, 0.25) is 0 Å². The number of hydrogen-bond donors (Lipinski definition) is 2. The Hall–Kier alpha value is -1.47. The van der Waals surface area contributed by atoms with E-state index in [0.717, 1.165) is 32.1 Å². The Balaban J connectivity index is 2.23. The molecule has 0 aromatic heterocycles. The molecule has 0 aromatic carbocycles. The predicted octanol–water partition coefficient (Wildman–Crippen LogP) is 1.64. The molecule has 0 saturated heterocycles. The molecule has 1 aliphatic carbocycles. The lowest BCUT2D eigenvalue weighted by molar-refractivity contribution is -0.204. The standard InChI is InChI=1S/C9H13F3N2O3/c10-9(11,12)7(15)17-14-8(16)13-6-4-2-1-3-5-6/h6H,1-5H2,(H2,13,14,16).